The molecule has 0 aliphatic carbocycles. The molecule has 0 unspecified atom stereocenters. The molecule has 0 radical (unpaired) electrons. The number of para-hydroxylation sites is 1. The van der Waals surface area contributed by atoms with Gasteiger partial charge in [-0.3, -0.25) is 14.5 Å². The van der Waals surface area contributed by atoms with Gasteiger partial charge in [0.15, 0.2) is 0 Å². The lowest BCUT2D eigenvalue weighted by Crippen LogP contribution is -2.27. The molecule has 152 valence electrons. The molecule has 30 heavy (non-hydrogen) atoms. The van der Waals surface area contributed by atoms with Crippen LogP contribution in [0.2, 0.25) is 0 Å². The standard InChI is InChI=1S/C22H18FN3O2S2/c1-2-26-21(28)19(30-22(26)29)11-14-12-25(18-6-4-3-5-17(14)18)13-20(27)24-16-9-7-15(23)8-10-16/h3-12H,2,13H2,1H3,(H,24,27)/b19-11+. The van der Waals surface area contributed by atoms with Gasteiger partial charge < -0.3 is 9.88 Å². The van der Waals surface area contributed by atoms with Gasteiger partial charge in [0.1, 0.15) is 16.7 Å². The van der Waals surface area contributed by atoms with Crippen LogP contribution >= 0.6 is 24.0 Å². The van der Waals surface area contributed by atoms with E-state index in [2.05, 4.69) is 5.32 Å². The second-order valence-electron chi connectivity index (χ2n) is 6.71. The maximum atomic E-state index is 13.1. The predicted octanol–water partition coefficient (Wildman–Crippen LogP) is 4.64. The van der Waals surface area contributed by atoms with Crippen molar-refractivity contribution in [2.75, 3.05) is 11.9 Å². The number of hydrogen-bond donors (Lipinski definition) is 1. The van der Waals surface area contributed by atoms with Gasteiger partial charge in [0.05, 0.1) is 4.91 Å². The average Bonchev–Trinajstić information content (AvgIpc) is 3.20. The Bertz CT molecular complexity index is 1180. The summed E-state index contributed by atoms with van der Waals surface area (Å²) in [6.45, 7) is 2.51. The molecule has 3 aromatic rings. The number of thioether (sulfide) groups is 1. The Morgan fingerprint density at radius 1 is 1.20 bits per heavy atom. The molecule has 0 bridgehead atoms. The fourth-order valence-corrected chi connectivity index (χ4v) is 4.70. The van der Waals surface area contributed by atoms with E-state index in [0.29, 0.717) is 21.5 Å². The lowest BCUT2D eigenvalue weighted by atomic mass is 10.1. The Balaban J connectivity index is 1.62. The van der Waals surface area contributed by atoms with Gasteiger partial charge in [-0.05, 0) is 43.3 Å². The molecule has 2 amide bonds. The maximum Gasteiger partial charge on any atom is 0.266 e. The number of likely N-dealkylation sites (N-methyl/N-ethyl adjacent to an activating group) is 1. The number of fused-ring (bicyclic) bond motifs is 1. The highest BCUT2D eigenvalue weighted by atomic mass is 32.2. The van der Waals surface area contributed by atoms with Gasteiger partial charge in [-0.1, -0.05) is 42.2 Å². The minimum Gasteiger partial charge on any atom is -0.337 e. The van der Waals surface area contributed by atoms with E-state index in [1.165, 1.54) is 36.0 Å². The van der Waals surface area contributed by atoms with Crippen molar-refractivity contribution in [3.05, 3.63) is 71.0 Å². The molecule has 4 rings (SSSR count). The monoisotopic (exact) mass is 439 g/mol. The Morgan fingerprint density at radius 2 is 1.93 bits per heavy atom. The molecule has 2 aromatic carbocycles. The summed E-state index contributed by atoms with van der Waals surface area (Å²) in [5, 5.41) is 3.71. The fourth-order valence-electron chi connectivity index (χ4n) is 3.32. The number of amides is 2. The molecule has 2 heterocycles. The fraction of sp³-hybridized carbons (Fsp3) is 0.136. The summed E-state index contributed by atoms with van der Waals surface area (Å²) in [7, 11) is 0. The summed E-state index contributed by atoms with van der Waals surface area (Å²) < 4.78 is 15.4. The third-order valence-corrected chi connectivity index (χ3v) is 6.12. The number of nitrogens with zero attached hydrogens (tertiary/aromatic N) is 2. The van der Waals surface area contributed by atoms with Crippen molar-refractivity contribution in [3.8, 4) is 0 Å². The molecule has 1 N–H and O–H groups in total. The zero-order valence-electron chi connectivity index (χ0n) is 16.1. The van der Waals surface area contributed by atoms with Crippen molar-refractivity contribution in [1.82, 2.24) is 9.47 Å². The van der Waals surface area contributed by atoms with Crippen LogP contribution in [-0.2, 0) is 16.1 Å². The van der Waals surface area contributed by atoms with Crippen LogP contribution in [0.25, 0.3) is 17.0 Å². The molecule has 8 heteroatoms. The number of anilines is 1. The molecular formula is C22H18FN3O2S2. The van der Waals surface area contributed by atoms with Crippen LogP contribution in [-0.4, -0.2) is 32.1 Å². The number of nitrogens with one attached hydrogen (secondary N) is 1. The molecule has 1 aliphatic rings. The number of carbonyl (C=O) groups excluding carboxylic acids is 2. The highest BCUT2D eigenvalue weighted by Gasteiger charge is 2.30. The van der Waals surface area contributed by atoms with Gasteiger partial charge in [0, 0.05) is 34.9 Å². The van der Waals surface area contributed by atoms with Crippen molar-refractivity contribution in [2.24, 2.45) is 0 Å². The van der Waals surface area contributed by atoms with Gasteiger partial charge in [-0.2, -0.15) is 0 Å². The van der Waals surface area contributed by atoms with E-state index in [9.17, 15) is 14.0 Å². The number of hydrogen-bond acceptors (Lipinski definition) is 4. The molecule has 1 fully saturated rings. The smallest absolute Gasteiger partial charge is 0.266 e. The minimum absolute atomic E-state index is 0.0850. The second kappa shape index (κ2) is 8.41. The zero-order chi connectivity index (χ0) is 21.3. The summed E-state index contributed by atoms with van der Waals surface area (Å²) >= 11 is 6.57. The van der Waals surface area contributed by atoms with Crippen LogP contribution in [0, 0.1) is 5.82 Å². The van der Waals surface area contributed by atoms with Crippen molar-refractivity contribution in [1.29, 1.82) is 0 Å². The second-order valence-corrected chi connectivity index (χ2v) is 8.39. The van der Waals surface area contributed by atoms with Crippen LogP contribution in [0.15, 0.2) is 59.6 Å². The number of rotatable bonds is 5. The summed E-state index contributed by atoms with van der Waals surface area (Å²) in [6, 6.07) is 13.3. The normalized spacial score (nSPS) is 15.4. The van der Waals surface area contributed by atoms with Crippen molar-refractivity contribution in [2.45, 2.75) is 13.5 Å². The van der Waals surface area contributed by atoms with Gasteiger partial charge in [-0.25, -0.2) is 4.39 Å². The Labute approximate surface area is 182 Å². The number of benzene rings is 2. The highest BCUT2D eigenvalue weighted by Crippen LogP contribution is 2.34. The van der Waals surface area contributed by atoms with Gasteiger partial charge in [0.2, 0.25) is 5.91 Å². The highest BCUT2D eigenvalue weighted by molar-refractivity contribution is 8.26. The number of halogens is 1. The largest absolute Gasteiger partial charge is 0.337 e. The average molecular weight is 440 g/mol. The van der Waals surface area contributed by atoms with Crippen molar-refractivity contribution < 1.29 is 14.0 Å². The molecular weight excluding hydrogens is 421 g/mol. The first kappa shape index (κ1) is 20.3. The Hall–Kier alpha value is -2.97. The summed E-state index contributed by atoms with van der Waals surface area (Å²) in [6.07, 6.45) is 3.68. The summed E-state index contributed by atoms with van der Waals surface area (Å²) in [5.74, 6) is -0.688. The summed E-state index contributed by atoms with van der Waals surface area (Å²) in [5.41, 5.74) is 2.25. The van der Waals surface area contributed by atoms with Crippen LogP contribution in [0.4, 0.5) is 10.1 Å². The van der Waals surface area contributed by atoms with Crippen LogP contribution in [0.5, 0.6) is 0 Å². The van der Waals surface area contributed by atoms with E-state index < -0.39 is 0 Å². The lowest BCUT2D eigenvalue weighted by Gasteiger charge is -2.09. The van der Waals surface area contributed by atoms with Gasteiger partial charge >= 0.3 is 0 Å². The molecule has 5 nitrogen and oxygen atoms in total. The first-order chi connectivity index (χ1) is 14.5. The molecule has 0 saturated carbocycles. The SMILES string of the molecule is CCN1C(=O)/C(=C\c2cn(CC(=O)Nc3ccc(F)cc3)c3ccccc23)SC1=S. The molecule has 1 aromatic heterocycles. The first-order valence-corrected chi connectivity index (χ1v) is 10.6. The minimum atomic E-state index is -0.359. The van der Waals surface area contributed by atoms with E-state index in [1.807, 2.05) is 48.0 Å². The van der Waals surface area contributed by atoms with Crippen LogP contribution in [0.1, 0.15) is 12.5 Å². The predicted molar refractivity (Wildman–Crippen MR) is 123 cm³/mol. The first-order valence-electron chi connectivity index (χ1n) is 9.35. The molecule has 1 aliphatic heterocycles. The van der Waals surface area contributed by atoms with Crippen molar-refractivity contribution in [3.63, 3.8) is 0 Å². The third kappa shape index (κ3) is 4.01. The summed E-state index contributed by atoms with van der Waals surface area (Å²) in [4.78, 5) is 27.2. The van der Waals surface area contributed by atoms with E-state index in [4.69, 9.17) is 12.2 Å². The maximum absolute atomic E-state index is 13.1. The Morgan fingerprint density at radius 3 is 2.63 bits per heavy atom. The van der Waals surface area contributed by atoms with Crippen molar-refractivity contribution >= 4 is 62.8 Å². The van der Waals surface area contributed by atoms with Crippen LogP contribution in [0.3, 0.4) is 0 Å². The van der Waals surface area contributed by atoms with E-state index in [-0.39, 0.29) is 24.2 Å². The zero-order valence-corrected chi connectivity index (χ0v) is 17.7. The third-order valence-electron chi connectivity index (χ3n) is 4.74. The van der Waals surface area contributed by atoms with E-state index in [0.717, 1.165) is 16.5 Å². The van der Waals surface area contributed by atoms with E-state index >= 15 is 0 Å². The number of aromatic nitrogens is 1. The number of carbonyl (C=O) groups is 2. The van der Waals surface area contributed by atoms with Crippen LogP contribution < -0.4 is 5.32 Å². The van der Waals surface area contributed by atoms with E-state index in [1.54, 1.807) is 4.90 Å². The molecule has 1 saturated heterocycles. The topological polar surface area (TPSA) is 54.3 Å². The van der Waals surface area contributed by atoms with Gasteiger partial charge in [0.25, 0.3) is 5.91 Å². The quantitative estimate of drug-likeness (QED) is 0.465. The lowest BCUT2D eigenvalue weighted by molar-refractivity contribution is -0.122. The number of thiocarbonyl (C=S) groups is 1. The van der Waals surface area contributed by atoms with Gasteiger partial charge in [-0.15, -0.1) is 0 Å². The molecule has 0 atom stereocenters. The Kier molecular flexibility index (Phi) is 5.69. The molecule has 0 spiro atoms.